The van der Waals surface area contributed by atoms with E-state index in [0.717, 1.165) is 0 Å². The number of carbonyl (C=O) groups excluding carboxylic acids is 9. The zero-order valence-corrected chi connectivity index (χ0v) is 38.8. The first kappa shape index (κ1) is 56.3. The van der Waals surface area contributed by atoms with Crippen LogP contribution in [0, 0.1) is 11.8 Å². The number of hydrogen-bond donors (Lipinski definition) is 12. The van der Waals surface area contributed by atoms with Gasteiger partial charge >= 0.3 is 5.97 Å². The molecule has 67 heavy (non-hydrogen) atoms. The van der Waals surface area contributed by atoms with E-state index in [1.165, 1.54) is 11.8 Å². The summed E-state index contributed by atoms with van der Waals surface area (Å²) in [6.07, 6.45) is 0.658. The standard InChI is InChI=1S/C43H69N13O11/c1-23(2)19-29(52-33(58)21-49-36(61)25(5)51-37(62)27(44)13-9-17-48-43(46)47)39(64)53-28(15-16-32(45)57)38(63)54-30(20-26-11-7-6-8-12-26)42(67)56-18-10-14-31(56)40(65)55-35(24(3)4)41(66)50-22-34(59)60/h6-8,11-12,23-25,27-31,35H,9-10,13-22,44H2,1-5H3,(H2,45,57)(H,49,61)(H,50,66)(H,51,62)(H,52,58)(H,53,64)(H,54,63)(H,55,65)(H,59,60)(H4,46,47,48)/t25-,27-,28-,29-,30-,31-,35-/m0/s1. The van der Waals surface area contributed by atoms with Crippen LogP contribution in [0.3, 0.4) is 0 Å². The summed E-state index contributed by atoms with van der Waals surface area (Å²) in [5, 5.41) is 26.6. The summed E-state index contributed by atoms with van der Waals surface area (Å²) < 4.78 is 0. The lowest BCUT2D eigenvalue weighted by Crippen LogP contribution is -2.60. The molecule has 1 aromatic rings. The monoisotopic (exact) mass is 944 g/mol. The normalized spacial score (nSPS) is 15.9. The van der Waals surface area contributed by atoms with Crippen LogP contribution >= 0.6 is 0 Å². The number of carbonyl (C=O) groups is 10. The van der Waals surface area contributed by atoms with E-state index in [1.54, 1.807) is 58.0 Å². The van der Waals surface area contributed by atoms with E-state index in [0.29, 0.717) is 18.4 Å². The van der Waals surface area contributed by atoms with Crippen LogP contribution in [-0.4, -0.2) is 144 Å². The van der Waals surface area contributed by atoms with E-state index in [-0.39, 0.29) is 63.5 Å². The van der Waals surface area contributed by atoms with Gasteiger partial charge in [0, 0.05) is 25.9 Å². The molecule has 2 rings (SSSR count). The van der Waals surface area contributed by atoms with Gasteiger partial charge in [-0.05, 0) is 62.8 Å². The molecular weight excluding hydrogens is 875 g/mol. The van der Waals surface area contributed by atoms with Crippen LogP contribution in [0.15, 0.2) is 35.3 Å². The van der Waals surface area contributed by atoms with Crippen molar-refractivity contribution in [3.63, 3.8) is 0 Å². The minimum atomic E-state index is -1.45. The second-order valence-electron chi connectivity index (χ2n) is 17.1. The highest BCUT2D eigenvalue weighted by Crippen LogP contribution is 2.21. The molecule has 1 heterocycles. The lowest BCUT2D eigenvalue weighted by molar-refractivity contribution is -0.143. The van der Waals surface area contributed by atoms with Crippen molar-refractivity contribution in [3.05, 3.63) is 35.9 Å². The number of primary amides is 1. The van der Waals surface area contributed by atoms with Crippen molar-refractivity contribution in [1.29, 1.82) is 0 Å². The zero-order valence-electron chi connectivity index (χ0n) is 38.8. The molecule has 0 unspecified atom stereocenters. The number of guanidine groups is 1. The fraction of sp³-hybridized carbons (Fsp3) is 0.605. The third-order valence-corrected chi connectivity index (χ3v) is 10.5. The van der Waals surface area contributed by atoms with Gasteiger partial charge in [0.25, 0.3) is 0 Å². The Morgan fingerprint density at radius 2 is 1.37 bits per heavy atom. The number of rotatable bonds is 28. The van der Waals surface area contributed by atoms with E-state index < -0.39 is 120 Å². The van der Waals surface area contributed by atoms with Gasteiger partial charge in [0.1, 0.15) is 42.8 Å². The number of aliphatic carboxylic acids is 1. The number of aliphatic imine (C=N–C) groups is 1. The zero-order chi connectivity index (χ0) is 50.4. The Balaban J connectivity index is 2.25. The summed E-state index contributed by atoms with van der Waals surface area (Å²) in [5.41, 5.74) is 22.6. The Kier molecular flexibility index (Phi) is 23.7. The van der Waals surface area contributed by atoms with E-state index in [1.807, 2.05) is 0 Å². The van der Waals surface area contributed by atoms with Gasteiger partial charge < -0.3 is 70.2 Å². The predicted octanol–water partition coefficient (Wildman–Crippen LogP) is -3.67. The summed E-state index contributed by atoms with van der Waals surface area (Å²) >= 11 is 0. The van der Waals surface area contributed by atoms with Crippen molar-refractivity contribution < 1.29 is 53.1 Å². The summed E-state index contributed by atoms with van der Waals surface area (Å²) in [6.45, 7) is 7.41. The number of nitrogens with one attached hydrogen (secondary N) is 7. The van der Waals surface area contributed by atoms with Crippen LogP contribution in [0.25, 0.3) is 0 Å². The van der Waals surface area contributed by atoms with Gasteiger partial charge in [-0.25, -0.2) is 0 Å². The number of nitrogens with zero attached hydrogens (tertiary/aromatic N) is 2. The largest absolute Gasteiger partial charge is 0.480 e. The minimum absolute atomic E-state index is 0.0491. The molecule has 1 aromatic carbocycles. The van der Waals surface area contributed by atoms with Crippen LogP contribution in [0.1, 0.15) is 85.1 Å². The Morgan fingerprint density at radius 3 is 1.97 bits per heavy atom. The average molecular weight is 944 g/mol. The van der Waals surface area contributed by atoms with Gasteiger partial charge in [0.15, 0.2) is 5.96 Å². The topological polar surface area (TPSA) is 395 Å². The van der Waals surface area contributed by atoms with Gasteiger partial charge in [-0.1, -0.05) is 58.0 Å². The number of carboxylic acids is 1. The maximum Gasteiger partial charge on any atom is 0.322 e. The molecule has 16 N–H and O–H groups in total. The predicted molar refractivity (Wildman–Crippen MR) is 244 cm³/mol. The molecule has 1 aliphatic rings. The summed E-state index contributed by atoms with van der Waals surface area (Å²) in [4.78, 5) is 135. The number of amides is 9. The first-order chi connectivity index (χ1) is 31.5. The highest BCUT2D eigenvalue weighted by molar-refractivity contribution is 5.98. The Hall–Kier alpha value is -6.85. The number of likely N-dealkylation sites (tertiary alicyclic amines) is 1. The SMILES string of the molecule is CC(C)C[C@H](NC(=O)CNC(=O)[C@H](C)NC(=O)[C@@H](N)CCCN=C(N)N)C(=O)N[C@@H](CCC(N)=O)C(=O)N[C@@H](Cc1ccccc1)C(=O)N1CCC[C@H]1C(=O)N[C@H](C(=O)NCC(=O)O)C(C)C. The van der Waals surface area contributed by atoms with Crippen LogP contribution in [0.4, 0.5) is 0 Å². The van der Waals surface area contributed by atoms with Crippen molar-refractivity contribution >= 4 is 65.1 Å². The van der Waals surface area contributed by atoms with E-state index in [2.05, 4.69) is 42.2 Å². The molecule has 1 fully saturated rings. The number of carboxylic acid groups (broad SMARTS) is 1. The van der Waals surface area contributed by atoms with Gasteiger partial charge in [-0.15, -0.1) is 0 Å². The van der Waals surface area contributed by atoms with Crippen molar-refractivity contribution in [3.8, 4) is 0 Å². The fourth-order valence-corrected chi connectivity index (χ4v) is 7.02. The summed E-state index contributed by atoms with van der Waals surface area (Å²) in [7, 11) is 0. The molecule has 0 radical (unpaired) electrons. The molecule has 9 amide bonds. The molecule has 0 spiro atoms. The Bertz CT molecular complexity index is 1930. The maximum atomic E-state index is 14.4. The first-order valence-electron chi connectivity index (χ1n) is 22.2. The van der Waals surface area contributed by atoms with Gasteiger partial charge in [0.05, 0.1) is 12.6 Å². The molecule has 1 saturated heterocycles. The van der Waals surface area contributed by atoms with Crippen molar-refractivity contribution in [2.45, 2.75) is 128 Å². The van der Waals surface area contributed by atoms with Gasteiger partial charge in [-0.2, -0.15) is 0 Å². The van der Waals surface area contributed by atoms with Crippen LogP contribution in [-0.2, 0) is 54.4 Å². The molecule has 0 aromatic heterocycles. The van der Waals surface area contributed by atoms with Gasteiger partial charge in [0.2, 0.25) is 53.2 Å². The van der Waals surface area contributed by atoms with E-state index in [9.17, 15) is 47.9 Å². The lowest BCUT2D eigenvalue weighted by Gasteiger charge is -2.31. The van der Waals surface area contributed by atoms with E-state index >= 15 is 0 Å². The van der Waals surface area contributed by atoms with Crippen molar-refractivity contribution in [1.82, 2.24) is 42.1 Å². The molecular formula is C43H69N13O11. The summed E-state index contributed by atoms with van der Waals surface area (Å²) in [6, 6.07) is 0.468. The van der Waals surface area contributed by atoms with Crippen LogP contribution < -0.4 is 60.2 Å². The van der Waals surface area contributed by atoms with Crippen LogP contribution in [0.5, 0.6) is 0 Å². The van der Waals surface area contributed by atoms with Gasteiger partial charge in [-0.3, -0.25) is 52.9 Å². The molecule has 7 atom stereocenters. The number of benzene rings is 1. The third-order valence-electron chi connectivity index (χ3n) is 10.5. The molecule has 24 heteroatoms. The van der Waals surface area contributed by atoms with Crippen molar-refractivity contribution in [2.75, 3.05) is 26.2 Å². The molecule has 24 nitrogen and oxygen atoms in total. The third kappa shape index (κ3) is 20.5. The molecule has 372 valence electrons. The quantitative estimate of drug-likeness (QED) is 0.0219. The van der Waals surface area contributed by atoms with Crippen molar-refractivity contribution in [2.24, 2.45) is 39.8 Å². The lowest BCUT2D eigenvalue weighted by atomic mass is 10.0. The molecule has 0 bridgehead atoms. The Labute approximate surface area is 389 Å². The fourth-order valence-electron chi connectivity index (χ4n) is 7.02. The molecule has 0 aliphatic carbocycles. The first-order valence-corrected chi connectivity index (χ1v) is 22.2. The number of hydrogen-bond acceptors (Lipinski definition) is 12. The second kappa shape index (κ2) is 28.2. The van der Waals surface area contributed by atoms with E-state index in [4.69, 9.17) is 28.0 Å². The molecule has 1 aliphatic heterocycles. The average Bonchev–Trinajstić information content (AvgIpc) is 3.76. The maximum absolute atomic E-state index is 14.4. The minimum Gasteiger partial charge on any atom is -0.480 e. The smallest absolute Gasteiger partial charge is 0.322 e. The molecule has 0 saturated carbocycles. The second-order valence-corrected chi connectivity index (χ2v) is 17.1. The highest BCUT2D eigenvalue weighted by atomic mass is 16.4. The summed E-state index contributed by atoms with van der Waals surface area (Å²) in [5.74, 6) is -8.59. The number of nitrogens with two attached hydrogens (primary N) is 4. The van der Waals surface area contributed by atoms with Crippen LogP contribution in [0.2, 0.25) is 0 Å². The highest BCUT2D eigenvalue weighted by Gasteiger charge is 2.40. The Morgan fingerprint density at radius 1 is 0.746 bits per heavy atom.